The lowest BCUT2D eigenvalue weighted by molar-refractivity contribution is 0.0552. The lowest BCUT2D eigenvalue weighted by Gasteiger charge is -2.05. The van der Waals surface area contributed by atoms with Gasteiger partial charge in [-0.25, -0.2) is 4.79 Å². The predicted octanol–water partition coefficient (Wildman–Crippen LogP) is 3.94. The topological polar surface area (TPSA) is 51.5 Å². The Bertz CT molecular complexity index is 688. The number of hydrogen-bond acceptors (Lipinski definition) is 3. The molecule has 0 saturated carbocycles. The van der Waals surface area contributed by atoms with Crippen molar-refractivity contribution in [2.24, 2.45) is 0 Å². The van der Waals surface area contributed by atoms with E-state index in [0.717, 1.165) is 32.1 Å². The number of fused-ring (bicyclic) bond motifs is 1. The van der Waals surface area contributed by atoms with Crippen molar-refractivity contribution >= 4 is 32.8 Å². The molecular formula is C15H16BrNO3. The zero-order valence-corrected chi connectivity index (χ0v) is 13.0. The highest BCUT2D eigenvalue weighted by molar-refractivity contribution is 9.10. The summed E-state index contributed by atoms with van der Waals surface area (Å²) in [6, 6.07) is 5.45. The monoisotopic (exact) mass is 337 g/mol. The van der Waals surface area contributed by atoms with E-state index in [1.165, 1.54) is 7.11 Å². The van der Waals surface area contributed by atoms with Crippen molar-refractivity contribution in [1.29, 1.82) is 0 Å². The number of rotatable bonds is 4. The van der Waals surface area contributed by atoms with Crippen LogP contribution in [0.4, 0.5) is 0 Å². The van der Waals surface area contributed by atoms with Gasteiger partial charge in [0.25, 0.3) is 0 Å². The van der Waals surface area contributed by atoms with Crippen LogP contribution in [0.25, 0.3) is 10.9 Å². The fraction of sp³-hybridized carbons (Fsp3) is 0.267. The summed E-state index contributed by atoms with van der Waals surface area (Å²) in [6.07, 6.45) is 1.36. The molecule has 0 unspecified atom stereocenters. The van der Waals surface area contributed by atoms with E-state index in [-0.39, 0.29) is 5.69 Å². The number of methoxy groups -OCH3 is 1. The molecule has 0 atom stereocenters. The number of aryl methyl sites for hydroxylation is 1. The molecule has 0 saturated heterocycles. The van der Waals surface area contributed by atoms with Crippen LogP contribution in [0, 0.1) is 0 Å². The summed E-state index contributed by atoms with van der Waals surface area (Å²) in [7, 11) is 1.30. The van der Waals surface area contributed by atoms with E-state index in [4.69, 9.17) is 4.74 Å². The number of hydrogen-bond donors (Lipinski definition) is 1. The number of nitrogens with zero attached hydrogens (tertiary/aromatic N) is 1. The molecule has 1 heterocycles. The summed E-state index contributed by atoms with van der Waals surface area (Å²) < 4.78 is 6.52. The fourth-order valence-corrected chi connectivity index (χ4v) is 2.84. The van der Waals surface area contributed by atoms with Crippen LogP contribution in [0.2, 0.25) is 0 Å². The first-order valence-electron chi connectivity index (χ1n) is 6.21. The minimum absolute atomic E-state index is 0.177. The van der Waals surface area contributed by atoms with Crippen molar-refractivity contribution in [3.8, 4) is 0 Å². The number of carbonyl (C=O) groups is 1. The van der Waals surface area contributed by atoms with Crippen molar-refractivity contribution < 1.29 is 14.7 Å². The summed E-state index contributed by atoms with van der Waals surface area (Å²) in [5.74, 6) is -0.549. The molecule has 0 spiro atoms. The van der Waals surface area contributed by atoms with E-state index < -0.39 is 5.97 Å². The number of benzene rings is 1. The van der Waals surface area contributed by atoms with Gasteiger partial charge in [0.1, 0.15) is 0 Å². The predicted molar refractivity (Wildman–Crippen MR) is 81.3 cm³/mol. The maximum atomic E-state index is 11.9. The van der Waals surface area contributed by atoms with Gasteiger partial charge in [-0.2, -0.15) is 4.73 Å². The normalized spacial score (nSPS) is 10.8. The van der Waals surface area contributed by atoms with E-state index in [0.29, 0.717) is 11.9 Å². The second-order valence-corrected chi connectivity index (χ2v) is 5.58. The molecule has 0 aliphatic carbocycles. The highest BCUT2D eigenvalue weighted by Crippen LogP contribution is 2.33. The molecular weight excluding hydrogens is 322 g/mol. The minimum atomic E-state index is -0.549. The van der Waals surface area contributed by atoms with Crippen LogP contribution in [0.3, 0.4) is 0 Å². The molecule has 2 rings (SSSR count). The number of esters is 1. The SMILES string of the molecule is C=C(C)CCc1c(C(=O)OC)n(O)c2cccc(Br)c12. The second-order valence-electron chi connectivity index (χ2n) is 4.72. The Balaban J connectivity index is 2.71. The maximum Gasteiger partial charge on any atom is 0.358 e. The highest BCUT2D eigenvalue weighted by atomic mass is 79.9. The first-order chi connectivity index (χ1) is 9.47. The van der Waals surface area contributed by atoms with Gasteiger partial charge < -0.3 is 9.94 Å². The van der Waals surface area contributed by atoms with Crippen molar-refractivity contribution in [3.05, 3.63) is 46.1 Å². The molecule has 1 aromatic heterocycles. The van der Waals surface area contributed by atoms with E-state index in [2.05, 4.69) is 22.5 Å². The van der Waals surface area contributed by atoms with Gasteiger partial charge in [0, 0.05) is 9.86 Å². The molecule has 0 radical (unpaired) electrons. The summed E-state index contributed by atoms with van der Waals surface area (Å²) in [4.78, 5) is 11.9. The van der Waals surface area contributed by atoms with Crippen molar-refractivity contribution in [2.45, 2.75) is 19.8 Å². The molecule has 0 amide bonds. The lowest BCUT2D eigenvalue weighted by Crippen LogP contribution is -2.11. The highest BCUT2D eigenvalue weighted by Gasteiger charge is 2.24. The Morgan fingerprint density at radius 2 is 2.20 bits per heavy atom. The van der Waals surface area contributed by atoms with Gasteiger partial charge in [-0.15, -0.1) is 6.58 Å². The first-order valence-corrected chi connectivity index (χ1v) is 7.00. The zero-order valence-electron chi connectivity index (χ0n) is 11.4. The molecule has 1 aromatic carbocycles. The van der Waals surface area contributed by atoms with Gasteiger partial charge in [0.15, 0.2) is 5.69 Å². The number of halogens is 1. The first kappa shape index (κ1) is 14.7. The van der Waals surface area contributed by atoms with Gasteiger partial charge in [0.05, 0.1) is 12.6 Å². The largest absolute Gasteiger partial charge is 0.464 e. The molecule has 1 N–H and O–H groups in total. The molecule has 2 aromatic rings. The van der Waals surface area contributed by atoms with Gasteiger partial charge >= 0.3 is 5.97 Å². The summed E-state index contributed by atoms with van der Waals surface area (Å²) in [6.45, 7) is 5.81. The van der Waals surface area contributed by atoms with E-state index >= 15 is 0 Å². The molecule has 0 fully saturated rings. The molecule has 0 aliphatic heterocycles. The number of aromatic nitrogens is 1. The maximum absolute atomic E-state index is 11.9. The van der Waals surface area contributed by atoms with Gasteiger partial charge in [0.2, 0.25) is 0 Å². The Kier molecular flexibility index (Phi) is 4.18. The van der Waals surface area contributed by atoms with Crippen LogP contribution >= 0.6 is 15.9 Å². The Hall–Kier alpha value is -1.75. The molecule has 20 heavy (non-hydrogen) atoms. The van der Waals surface area contributed by atoms with Crippen LogP contribution in [0.1, 0.15) is 29.4 Å². The van der Waals surface area contributed by atoms with Crippen molar-refractivity contribution in [3.63, 3.8) is 0 Å². The van der Waals surface area contributed by atoms with Crippen molar-refractivity contribution in [2.75, 3.05) is 7.11 Å². The number of allylic oxidation sites excluding steroid dienone is 1. The van der Waals surface area contributed by atoms with Gasteiger partial charge in [-0.1, -0.05) is 27.6 Å². The minimum Gasteiger partial charge on any atom is -0.464 e. The van der Waals surface area contributed by atoms with E-state index in [9.17, 15) is 10.0 Å². The quantitative estimate of drug-likeness (QED) is 0.522. The van der Waals surface area contributed by atoms with E-state index in [1.54, 1.807) is 6.07 Å². The van der Waals surface area contributed by atoms with Crippen LogP contribution in [-0.4, -0.2) is 23.0 Å². The van der Waals surface area contributed by atoms with Crippen LogP contribution in [0.15, 0.2) is 34.8 Å². The van der Waals surface area contributed by atoms with Crippen LogP contribution < -0.4 is 0 Å². The summed E-state index contributed by atoms with van der Waals surface area (Å²) in [5, 5.41) is 11.1. The lowest BCUT2D eigenvalue weighted by atomic mass is 10.0. The zero-order chi connectivity index (χ0) is 14.9. The molecule has 5 heteroatoms. The third kappa shape index (κ3) is 2.45. The standard InChI is InChI=1S/C15H16BrNO3/c1-9(2)7-8-10-13-11(16)5-4-6-12(13)17(19)14(10)15(18)20-3/h4-6,19H,1,7-8H2,2-3H3. The molecule has 106 valence electrons. The second kappa shape index (κ2) is 5.71. The van der Waals surface area contributed by atoms with Gasteiger partial charge in [-0.05, 0) is 37.5 Å². The van der Waals surface area contributed by atoms with Crippen LogP contribution in [-0.2, 0) is 11.2 Å². The Morgan fingerprint density at radius 3 is 2.80 bits per heavy atom. The molecule has 4 nitrogen and oxygen atoms in total. The molecule has 0 bridgehead atoms. The smallest absolute Gasteiger partial charge is 0.358 e. The number of ether oxygens (including phenoxy) is 1. The average molecular weight is 338 g/mol. The van der Waals surface area contributed by atoms with Gasteiger partial charge in [-0.3, -0.25) is 0 Å². The van der Waals surface area contributed by atoms with Crippen LogP contribution in [0.5, 0.6) is 0 Å². The molecule has 0 aliphatic rings. The third-order valence-corrected chi connectivity index (χ3v) is 3.86. The number of carbonyl (C=O) groups excluding carboxylic acids is 1. The average Bonchev–Trinajstić information content (AvgIpc) is 2.70. The summed E-state index contributed by atoms with van der Waals surface area (Å²) in [5.41, 5.74) is 2.55. The Morgan fingerprint density at radius 1 is 1.50 bits per heavy atom. The summed E-state index contributed by atoms with van der Waals surface area (Å²) >= 11 is 3.47. The fourth-order valence-electron chi connectivity index (χ4n) is 2.24. The third-order valence-electron chi connectivity index (χ3n) is 3.20. The van der Waals surface area contributed by atoms with E-state index in [1.807, 2.05) is 19.1 Å². The van der Waals surface area contributed by atoms with Crippen molar-refractivity contribution in [1.82, 2.24) is 4.73 Å². The Labute approximate surface area is 125 Å².